The zero-order valence-corrected chi connectivity index (χ0v) is 11.6. The number of rotatable bonds is 2. The summed E-state index contributed by atoms with van der Waals surface area (Å²) in [7, 11) is 0. The van der Waals surface area contributed by atoms with E-state index in [-0.39, 0.29) is 17.6 Å². The van der Waals surface area contributed by atoms with Gasteiger partial charge in [0.15, 0.2) is 0 Å². The van der Waals surface area contributed by atoms with Crippen molar-refractivity contribution >= 4 is 27.5 Å². The lowest BCUT2D eigenvalue weighted by Crippen LogP contribution is -2.20. The second-order valence-electron chi connectivity index (χ2n) is 4.26. The van der Waals surface area contributed by atoms with Gasteiger partial charge in [0.25, 0.3) is 0 Å². The van der Waals surface area contributed by atoms with Crippen LogP contribution in [0.5, 0.6) is 0 Å². The van der Waals surface area contributed by atoms with Crippen molar-refractivity contribution in [3.05, 3.63) is 33.0 Å². The molecule has 1 aromatic carbocycles. The number of hydrogen-bond acceptors (Lipinski definition) is 2. The standard InChI is InChI=1S/C12H13BrClFO2/c1-6-7(2-3-17-6)12(16)8-4-10(14)9(13)5-11(8)15/h4-7,12,16H,2-3H2,1H3. The molecule has 0 amide bonds. The van der Waals surface area contributed by atoms with E-state index in [2.05, 4.69) is 15.9 Å². The molecule has 17 heavy (non-hydrogen) atoms. The van der Waals surface area contributed by atoms with Gasteiger partial charge in [-0.05, 0) is 41.4 Å². The fraction of sp³-hybridized carbons (Fsp3) is 0.500. The lowest BCUT2D eigenvalue weighted by molar-refractivity contribution is 0.0414. The van der Waals surface area contributed by atoms with Crippen molar-refractivity contribution in [2.45, 2.75) is 25.6 Å². The third-order valence-corrected chi connectivity index (χ3v) is 4.40. The van der Waals surface area contributed by atoms with Crippen LogP contribution in [0.2, 0.25) is 5.02 Å². The van der Waals surface area contributed by atoms with E-state index in [4.69, 9.17) is 16.3 Å². The first-order valence-electron chi connectivity index (χ1n) is 5.45. The van der Waals surface area contributed by atoms with Crippen LogP contribution in [-0.4, -0.2) is 17.8 Å². The normalized spacial score (nSPS) is 26.2. The van der Waals surface area contributed by atoms with E-state index in [0.717, 1.165) is 6.42 Å². The minimum absolute atomic E-state index is 0.0631. The molecule has 1 N–H and O–H groups in total. The molecule has 0 aromatic heterocycles. The Bertz CT molecular complexity index is 427. The van der Waals surface area contributed by atoms with Crippen LogP contribution in [0.25, 0.3) is 0 Å². The highest BCUT2D eigenvalue weighted by Gasteiger charge is 2.33. The maximum Gasteiger partial charge on any atom is 0.130 e. The first-order valence-corrected chi connectivity index (χ1v) is 6.62. The van der Waals surface area contributed by atoms with Gasteiger partial charge in [0.05, 0.1) is 17.2 Å². The Balaban J connectivity index is 2.30. The zero-order chi connectivity index (χ0) is 12.6. The summed E-state index contributed by atoms with van der Waals surface area (Å²) in [6.45, 7) is 2.49. The largest absolute Gasteiger partial charge is 0.388 e. The quantitative estimate of drug-likeness (QED) is 0.841. The molecule has 0 spiro atoms. The molecule has 2 nitrogen and oxygen atoms in total. The van der Waals surface area contributed by atoms with E-state index in [1.165, 1.54) is 12.1 Å². The van der Waals surface area contributed by atoms with E-state index in [1.54, 1.807) is 0 Å². The van der Waals surface area contributed by atoms with Gasteiger partial charge in [-0.15, -0.1) is 0 Å². The maximum atomic E-state index is 13.8. The van der Waals surface area contributed by atoms with Gasteiger partial charge >= 0.3 is 0 Å². The fourth-order valence-corrected chi connectivity index (χ4v) is 2.65. The molecule has 2 rings (SSSR count). The molecule has 0 saturated carbocycles. The SMILES string of the molecule is CC1OCCC1C(O)c1cc(Cl)c(Br)cc1F. The lowest BCUT2D eigenvalue weighted by Gasteiger charge is -2.22. The smallest absolute Gasteiger partial charge is 0.130 e. The molecule has 1 heterocycles. The van der Waals surface area contributed by atoms with Crippen molar-refractivity contribution in [2.24, 2.45) is 5.92 Å². The predicted octanol–water partition coefficient (Wildman–Crippen LogP) is 3.70. The Kier molecular flexibility index (Phi) is 4.08. The number of aliphatic hydroxyl groups is 1. The summed E-state index contributed by atoms with van der Waals surface area (Å²) in [5.74, 6) is -0.533. The number of halogens is 3. The van der Waals surface area contributed by atoms with Crippen molar-refractivity contribution in [3.8, 4) is 0 Å². The third-order valence-electron chi connectivity index (χ3n) is 3.20. The van der Waals surface area contributed by atoms with Gasteiger partial charge in [0.2, 0.25) is 0 Å². The number of hydrogen-bond donors (Lipinski definition) is 1. The van der Waals surface area contributed by atoms with Crippen LogP contribution >= 0.6 is 27.5 Å². The fourth-order valence-electron chi connectivity index (χ4n) is 2.16. The van der Waals surface area contributed by atoms with E-state index >= 15 is 0 Å². The Morgan fingerprint density at radius 3 is 2.88 bits per heavy atom. The Labute approximate surface area is 113 Å². The molecule has 0 radical (unpaired) electrons. The van der Waals surface area contributed by atoms with Crippen LogP contribution < -0.4 is 0 Å². The van der Waals surface area contributed by atoms with Crippen LogP contribution in [0.1, 0.15) is 25.0 Å². The van der Waals surface area contributed by atoms with E-state index < -0.39 is 11.9 Å². The maximum absolute atomic E-state index is 13.8. The lowest BCUT2D eigenvalue weighted by atomic mass is 9.90. The first-order chi connectivity index (χ1) is 8.00. The highest BCUT2D eigenvalue weighted by molar-refractivity contribution is 9.10. The Hall–Kier alpha value is -0.160. The molecule has 94 valence electrons. The summed E-state index contributed by atoms with van der Waals surface area (Å²) in [5.41, 5.74) is 0.237. The molecule has 3 unspecified atom stereocenters. The summed E-state index contributed by atoms with van der Waals surface area (Å²) in [6.07, 6.45) is -0.208. The molecule has 0 aliphatic carbocycles. The molecule has 0 bridgehead atoms. The zero-order valence-electron chi connectivity index (χ0n) is 9.29. The second-order valence-corrected chi connectivity index (χ2v) is 5.52. The van der Waals surface area contributed by atoms with Crippen molar-refractivity contribution < 1.29 is 14.2 Å². The number of ether oxygens (including phenoxy) is 1. The number of benzene rings is 1. The molecule has 5 heteroatoms. The number of aliphatic hydroxyl groups excluding tert-OH is 1. The van der Waals surface area contributed by atoms with Crippen LogP contribution in [0.3, 0.4) is 0 Å². The van der Waals surface area contributed by atoms with Gasteiger partial charge in [0, 0.05) is 22.6 Å². The topological polar surface area (TPSA) is 29.5 Å². The highest BCUT2D eigenvalue weighted by Crippen LogP contribution is 2.36. The van der Waals surface area contributed by atoms with Crippen molar-refractivity contribution in [3.63, 3.8) is 0 Å². The molecule has 1 saturated heterocycles. The molecular weight excluding hydrogens is 310 g/mol. The highest BCUT2D eigenvalue weighted by atomic mass is 79.9. The molecular formula is C12H13BrClFO2. The van der Waals surface area contributed by atoms with Gasteiger partial charge < -0.3 is 9.84 Å². The molecule has 1 aliphatic heterocycles. The molecule has 3 atom stereocenters. The summed E-state index contributed by atoms with van der Waals surface area (Å²) < 4.78 is 19.6. The molecule has 1 aromatic rings. The predicted molar refractivity (Wildman–Crippen MR) is 67.6 cm³/mol. The van der Waals surface area contributed by atoms with Gasteiger partial charge in [0.1, 0.15) is 5.82 Å². The monoisotopic (exact) mass is 322 g/mol. The van der Waals surface area contributed by atoms with Gasteiger partial charge in [-0.25, -0.2) is 4.39 Å². The van der Waals surface area contributed by atoms with Crippen LogP contribution in [0.4, 0.5) is 4.39 Å². The van der Waals surface area contributed by atoms with Crippen LogP contribution in [-0.2, 0) is 4.74 Å². The summed E-state index contributed by atoms with van der Waals surface area (Å²) in [5, 5.41) is 10.6. The minimum atomic E-state index is -0.877. The summed E-state index contributed by atoms with van der Waals surface area (Å²) in [6, 6.07) is 2.75. The summed E-state index contributed by atoms with van der Waals surface area (Å²) in [4.78, 5) is 0. The van der Waals surface area contributed by atoms with Crippen molar-refractivity contribution in [2.75, 3.05) is 6.61 Å². The summed E-state index contributed by atoms with van der Waals surface area (Å²) >= 11 is 9.06. The Morgan fingerprint density at radius 1 is 1.59 bits per heavy atom. The average molecular weight is 324 g/mol. The molecule has 1 fully saturated rings. The second kappa shape index (κ2) is 5.22. The van der Waals surface area contributed by atoms with Gasteiger partial charge in [-0.3, -0.25) is 0 Å². The Morgan fingerprint density at radius 2 is 2.29 bits per heavy atom. The minimum Gasteiger partial charge on any atom is -0.388 e. The van der Waals surface area contributed by atoms with E-state index in [0.29, 0.717) is 16.1 Å². The van der Waals surface area contributed by atoms with E-state index in [9.17, 15) is 9.50 Å². The van der Waals surface area contributed by atoms with Crippen molar-refractivity contribution in [1.82, 2.24) is 0 Å². The third kappa shape index (κ3) is 2.65. The first kappa shape index (κ1) is 13.3. The molecule has 1 aliphatic rings. The van der Waals surface area contributed by atoms with Gasteiger partial charge in [-0.2, -0.15) is 0 Å². The van der Waals surface area contributed by atoms with Crippen LogP contribution in [0.15, 0.2) is 16.6 Å². The van der Waals surface area contributed by atoms with Crippen LogP contribution in [0, 0.1) is 11.7 Å². The van der Waals surface area contributed by atoms with Crippen molar-refractivity contribution in [1.29, 1.82) is 0 Å². The van der Waals surface area contributed by atoms with E-state index in [1.807, 2.05) is 6.92 Å². The van der Waals surface area contributed by atoms with Gasteiger partial charge in [-0.1, -0.05) is 11.6 Å². The average Bonchev–Trinajstić information content (AvgIpc) is 2.69.